The first-order valence-electron chi connectivity index (χ1n) is 5.79. The van der Waals surface area contributed by atoms with Crippen LogP contribution in [-0.2, 0) is 13.5 Å². The minimum Gasteiger partial charge on any atom is -0.369 e. The van der Waals surface area contributed by atoms with Crippen LogP contribution in [0.4, 0.5) is 5.82 Å². The van der Waals surface area contributed by atoms with Crippen molar-refractivity contribution in [3.05, 3.63) is 41.3 Å². The van der Waals surface area contributed by atoms with Gasteiger partial charge in [0.2, 0.25) is 0 Å². The predicted molar refractivity (Wildman–Crippen MR) is 69.1 cm³/mol. The highest BCUT2D eigenvalue weighted by Gasteiger charge is 2.11. The third-order valence-electron chi connectivity index (χ3n) is 2.76. The second kappa shape index (κ2) is 5.32. The first kappa shape index (κ1) is 12.1. The van der Waals surface area contributed by atoms with Crippen molar-refractivity contribution in [2.45, 2.75) is 13.3 Å². The molecule has 0 aliphatic carbocycles. The lowest BCUT2D eigenvalue weighted by Gasteiger charge is -2.06. The summed E-state index contributed by atoms with van der Waals surface area (Å²) in [6, 6.07) is 6.13. The van der Waals surface area contributed by atoms with E-state index in [1.807, 2.05) is 32.3 Å². The number of aromatic nitrogens is 3. The first-order chi connectivity index (χ1) is 8.72. The Kier molecular flexibility index (Phi) is 3.58. The highest BCUT2D eigenvalue weighted by Crippen LogP contribution is 2.17. The van der Waals surface area contributed by atoms with Gasteiger partial charge in [0.15, 0.2) is 0 Å². The van der Waals surface area contributed by atoms with E-state index in [0.717, 1.165) is 24.5 Å². The maximum absolute atomic E-state index is 9.08. The summed E-state index contributed by atoms with van der Waals surface area (Å²) in [5.74, 6) is 0.777. The molecule has 1 N–H and O–H groups in total. The number of anilines is 1. The van der Waals surface area contributed by atoms with Gasteiger partial charge in [0.05, 0.1) is 5.69 Å². The van der Waals surface area contributed by atoms with Crippen LogP contribution in [-0.4, -0.2) is 21.3 Å². The molecule has 92 valence electrons. The number of nitriles is 1. The molecule has 0 aliphatic heterocycles. The highest BCUT2D eigenvalue weighted by molar-refractivity contribution is 5.54. The molecule has 0 atom stereocenters. The molecule has 0 bridgehead atoms. The fourth-order valence-corrected chi connectivity index (χ4v) is 1.87. The Labute approximate surface area is 106 Å². The van der Waals surface area contributed by atoms with E-state index in [4.69, 9.17) is 5.26 Å². The van der Waals surface area contributed by atoms with Gasteiger partial charge in [-0.3, -0.25) is 9.67 Å². The molecule has 0 fully saturated rings. The smallest absolute Gasteiger partial charge is 0.142 e. The number of nitrogens with one attached hydrogen (secondary N) is 1. The summed E-state index contributed by atoms with van der Waals surface area (Å²) in [4.78, 5) is 4.07. The second-order valence-corrected chi connectivity index (χ2v) is 4.08. The minimum atomic E-state index is 0.615. The second-order valence-electron chi connectivity index (χ2n) is 4.08. The summed E-state index contributed by atoms with van der Waals surface area (Å²) < 4.78 is 1.71. The minimum absolute atomic E-state index is 0.615. The van der Waals surface area contributed by atoms with Crippen molar-refractivity contribution >= 4 is 5.82 Å². The third-order valence-corrected chi connectivity index (χ3v) is 2.76. The molecule has 2 aromatic rings. The summed E-state index contributed by atoms with van der Waals surface area (Å²) in [5.41, 5.74) is 2.54. The van der Waals surface area contributed by atoms with E-state index in [1.165, 1.54) is 5.56 Å². The largest absolute Gasteiger partial charge is 0.369 e. The predicted octanol–water partition coefficient (Wildman–Crippen LogP) is 1.65. The van der Waals surface area contributed by atoms with Crippen LogP contribution in [0.1, 0.15) is 16.8 Å². The first-order valence-corrected chi connectivity index (χ1v) is 5.79. The van der Waals surface area contributed by atoms with Gasteiger partial charge in [0.1, 0.15) is 17.5 Å². The monoisotopic (exact) mass is 241 g/mol. The topological polar surface area (TPSA) is 66.5 Å². The van der Waals surface area contributed by atoms with E-state index >= 15 is 0 Å². The van der Waals surface area contributed by atoms with Crippen molar-refractivity contribution in [3.8, 4) is 6.07 Å². The van der Waals surface area contributed by atoms with Gasteiger partial charge in [-0.05, 0) is 25.0 Å². The average Bonchev–Trinajstić information content (AvgIpc) is 2.65. The molecule has 0 saturated heterocycles. The van der Waals surface area contributed by atoms with Gasteiger partial charge in [-0.25, -0.2) is 0 Å². The Morgan fingerprint density at radius 2 is 2.33 bits per heavy atom. The van der Waals surface area contributed by atoms with Crippen LogP contribution in [0.15, 0.2) is 24.5 Å². The fraction of sp³-hybridized carbons (Fsp3) is 0.308. The molecule has 18 heavy (non-hydrogen) atoms. The molecule has 0 radical (unpaired) electrons. The average molecular weight is 241 g/mol. The molecule has 0 aliphatic rings. The van der Waals surface area contributed by atoms with Gasteiger partial charge in [0.25, 0.3) is 0 Å². The van der Waals surface area contributed by atoms with E-state index in [9.17, 15) is 0 Å². The van der Waals surface area contributed by atoms with E-state index in [1.54, 1.807) is 10.9 Å². The van der Waals surface area contributed by atoms with Gasteiger partial charge in [-0.1, -0.05) is 6.07 Å². The Morgan fingerprint density at radius 1 is 1.50 bits per heavy atom. The van der Waals surface area contributed by atoms with Crippen LogP contribution in [0.2, 0.25) is 0 Å². The van der Waals surface area contributed by atoms with Gasteiger partial charge in [0, 0.05) is 26.0 Å². The number of pyridine rings is 1. The summed E-state index contributed by atoms with van der Waals surface area (Å²) >= 11 is 0. The summed E-state index contributed by atoms with van der Waals surface area (Å²) in [6.07, 6.45) is 4.47. The number of hydrogen-bond acceptors (Lipinski definition) is 4. The van der Waals surface area contributed by atoms with Crippen molar-refractivity contribution in [1.29, 1.82) is 5.26 Å². The van der Waals surface area contributed by atoms with Crippen LogP contribution >= 0.6 is 0 Å². The molecular formula is C13H15N5. The maximum Gasteiger partial charge on any atom is 0.142 e. The van der Waals surface area contributed by atoms with Gasteiger partial charge >= 0.3 is 0 Å². The van der Waals surface area contributed by atoms with E-state index in [2.05, 4.69) is 21.5 Å². The van der Waals surface area contributed by atoms with Crippen LogP contribution < -0.4 is 5.32 Å². The Balaban J connectivity index is 2.01. The molecule has 5 nitrogen and oxygen atoms in total. The highest BCUT2D eigenvalue weighted by atomic mass is 15.3. The number of aryl methyl sites for hydroxylation is 2. The molecule has 2 heterocycles. The SMILES string of the molecule is Cc1nn(C)c(NCCc2cccnc2)c1C#N. The Morgan fingerprint density at radius 3 is 3.00 bits per heavy atom. The van der Waals surface area contributed by atoms with Crippen LogP contribution in [0.3, 0.4) is 0 Å². The van der Waals surface area contributed by atoms with E-state index in [0.29, 0.717) is 5.56 Å². The lowest BCUT2D eigenvalue weighted by atomic mass is 10.2. The molecule has 2 aromatic heterocycles. The molecule has 0 amide bonds. The van der Waals surface area contributed by atoms with Crippen molar-refractivity contribution in [1.82, 2.24) is 14.8 Å². The summed E-state index contributed by atoms with van der Waals surface area (Å²) in [5, 5.41) is 16.6. The van der Waals surface area contributed by atoms with Gasteiger partial charge in [-0.15, -0.1) is 0 Å². The zero-order valence-electron chi connectivity index (χ0n) is 10.5. The molecule has 0 saturated carbocycles. The molecule has 0 unspecified atom stereocenters. The van der Waals surface area contributed by atoms with Gasteiger partial charge < -0.3 is 5.32 Å². The Hall–Kier alpha value is -2.35. The molecule has 0 spiro atoms. The zero-order chi connectivity index (χ0) is 13.0. The van der Waals surface area contributed by atoms with E-state index < -0.39 is 0 Å². The van der Waals surface area contributed by atoms with Crippen molar-refractivity contribution in [3.63, 3.8) is 0 Å². The zero-order valence-corrected chi connectivity index (χ0v) is 10.5. The van der Waals surface area contributed by atoms with Gasteiger partial charge in [-0.2, -0.15) is 10.4 Å². The van der Waals surface area contributed by atoms with Crippen LogP contribution in [0.25, 0.3) is 0 Å². The normalized spacial score (nSPS) is 10.1. The molecule has 0 aromatic carbocycles. The number of rotatable bonds is 4. The maximum atomic E-state index is 9.08. The third kappa shape index (κ3) is 2.48. The van der Waals surface area contributed by atoms with E-state index in [-0.39, 0.29) is 0 Å². The molecule has 2 rings (SSSR count). The summed E-state index contributed by atoms with van der Waals surface area (Å²) in [6.45, 7) is 2.59. The molecule has 5 heteroatoms. The fourth-order valence-electron chi connectivity index (χ4n) is 1.87. The molecular weight excluding hydrogens is 226 g/mol. The Bertz CT molecular complexity index is 565. The lowest BCUT2D eigenvalue weighted by molar-refractivity contribution is 0.757. The van der Waals surface area contributed by atoms with Crippen molar-refractivity contribution in [2.24, 2.45) is 7.05 Å². The van der Waals surface area contributed by atoms with Crippen LogP contribution in [0, 0.1) is 18.3 Å². The van der Waals surface area contributed by atoms with Crippen molar-refractivity contribution in [2.75, 3.05) is 11.9 Å². The number of nitrogens with zero attached hydrogens (tertiary/aromatic N) is 4. The summed E-state index contributed by atoms with van der Waals surface area (Å²) in [7, 11) is 1.83. The quantitative estimate of drug-likeness (QED) is 0.883. The van der Waals surface area contributed by atoms with Crippen molar-refractivity contribution < 1.29 is 0 Å². The van der Waals surface area contributed by atoms with Crippen LogP contribution in [0.5, 0.6) is 0 Å². The lowest BCUT2D eigenvalue weighted by Crippen LogP contribution is -2.09. The standard InChI is InChI=1S/C13H15N5/c1-10-12(8-14)13(18(2)17-10)16-7-5-11-4-3-6-15-9-11/h3-4,6,9,16H,5,7H2,1-2H3. The number of hydrogen-bond donors (Lipinski definition) is 1.